The second-order valence-electron chi connectivity index (χ2n) is 13.7. The van der Waals surface area contributed by atoms with E-state index in [0.29, 0.717) is 45.1 Å². The van der Waals surface area contributed by atoms with Gasteiger partial charge in [0.2, 0.25) is 0 Å². The van der Waals surface area contributed by atoms with Gasteiger partial charge in [-0.15, -0.1) is 0 Å². The summed E-state index contributed by atoms with van der Waals surface area (Å²) in [5.74, 6) is -1.23. The van der Waals surface area contributed by atoms with Crippen molar-refractivity contribution < 1.29 is 38.1 Å². The van der Waals surface area contributed by atoms with Gasteiger partial charge in [0, 0.05) is 13.0 Å². The topological polar surface area (TPSA) is 97.4 Å². The minimum Gasteiger partial charge on any atom is -0.466 e. The molecular weight excluding hydrogens is 536 g/mol. The highest BCUT2D eigenvalue weighted by Crippen LogP contribution is 2.38. The highest BCUT2D eigenvalue weighted by Gasteiger charge is 2.50. The van der Waals surface area contributed by atoms with Crippen LogP contribution in [0.1, 0.15) is 158 Å². The summed E-state index contributed by atoms with van der Waals surface area (Å²) in [6.07, 6.45) is 12.5. The summed E-state index contributed by atoms with van der Waals surface area (Å²) >= 11 is 0. The van der Waals surface area contributed by atoms with Gasteiger partial charge in [-0.05, 0) is 106 Å². The Balaban J connectivity index is 3.07. The number of hydrogen-bond donors (Lipinski definition) is 0. The molecule has 1 fully saturated rings. The maximum atomic E-state index is 13.9. The predicted molar refractivity (Wildman–Crippen MR) is 165 cm³/mol. The third-order valence-corrected chi connectivity index (χ3v) is 7.36. The van der Waals surface area contributed by atoms with Gasteiger partial charge in [0.25, 0.3) is 0 Å². The zero-order valence-electron chi connectivity index (χ0n) is 28.1. The summed E-state index contributed by atoms with van der Waals surface area (Å²) in [6.45, 7) is 16.0. The molecule has 0 radical (unpaired) electrons. The summed E-state index contributed by atoms with van der Waals surface area (Å²) in [7, 11) is 0. The maximum absolute atomic E-state index is 13.9. The second-order valence-corrected chi connectivity index (χ2v) is 13.7. The summed E-state index contributed by atoms with van der Waals surface area (Å²) in [4.78, 5) is 39.4. The third-order valence-electron chi connectivity index (χ3n) is 7.36. The van der Waals surface area contributed by atoms with E-state index in [4.69, 9.17) is 23.7 Å². The number of hydrogen-bond acceptors (Lipinski definition) is 8. The molecule has 1 heterocycles. The lowest BCUT2D eigenvalue weighted by Gasteiger charge is -2.35. The number of carbonyl (C=O) groups excluding carboxylic acids is 3. The first-order valence-corrected chi connectivity index (χ1v) is 16.6. The molecule has 0 amide bonds. The van der Waals surface area contributed by atoms with Crippen molar-refractivity contribution in [1.82, 2.24) is 0 Å². The lowest BCUT2D eigenvalue weighted by molar-refractivity contribution is -0.193. The van der Waals surface area contributed by atoms with Crippen LogP contribution in [0.5, 0.6) is 0 Å². The molecular formula is C34H62O8. The smallest absolute Gasteiger partial charge is 0.324 e. The Kier molecular flexibility index (Phi) is 17.9. The molecule has 0 aromatic heterocycles. The summed E-state index contributed by atoms with van der Waals surface area (Å²) in [6, 6.07) is 0. The standard InChI is InChI=1S/C34H62O8/c1-9-11-14-20-27(40-29-23-16-18-26-39-29)21-19-25-34(30(36)41-32(3,4)5,31(37)42-33(6,7)8)24-17-13-12-15-22-28(35)38-10-2/h27,29H,9-26H2,1-8H3. The average molecular weight is 599 g/mol. The lowest BCUT2D eigenvalue weighted by Crippen LogP contribution is -2.47. The Labute approximate surface area is 256 Å². The van der Waals surface area contributed by atoms with E-state index < -0.39 is 28.6 Å². The van der Waals surface area contributed by atoms with Crippen LogP contribution >= 0.6 is 0 Å². The molecule has 0 N–H and O–H groups in total. The van der Waals surface area contributed by atoms with E-state index in [1.165, 1.54) is 0 Å². The first kappa shape index (κ1) is 38.4. The SMILES string of the molecule is CCCCCC(CCCC(CCCCCCC(=O)OCC)(C(=O)OC(C)(C)C)C(=O)OC(C)(C)C)OC1CCCCO1. The first-order chi connectivity index (χ1) is 19.7. The highest BCUT2D eigenvalue weighted by atomic mass is 16.7. The molecule has 1 aliphatic heterocycles. The van der Waals surface area contributed by atoms with Crippen molar-refractivity contribution in [1.29, 1.82) is 0 Å². The second kappa shape index (κ2) is 19.6. The zero-order valence-corrected chi connectivity index (χ0v) is 28.1. The zero-order chi connectivity index (χ0) is 31.7. The molecule has 1 aliphatic rings. The van der Waals surface area contributed by atoms with Crippen LogP contribution in [0.15, 0.2) is 0 Å². The molecule has 2 atom stereocenters. The average Bonchev–Trinajstić information content (AvgIpc) is 2.88. The van der Waals surface area contributed by atoms with Gasteiger partial charge < -0.3 is 23.7 Å². The van der Waals surface area contributed by atoms with Gasteiger partial charge in [-0.3, -0.25) is 14.4 Å². The van der Waals surface area contributed by atoms with Gasteiger partial charge in [0.1, 0.15) is 11.2 Å². The quantitative estimate of drug-likeness (QED) is 0.0598. The summed E-state index contributed by atoms with van der Waals surface area (Å²) in [5.41, 5.74) is -2.89. The van der Waals surface area contributed by atoms with Crippen LogP contribution in [0, 0.1) is 5.41 Å². The van der Waals surface area contributed by atoms with E-state index in [0.717, 1.165) is 70.8 Å². The van der Waals surface area contributed by atoms with Gasteiger partial charge in [-0.2, -0.15) is 0 Å². The summed E-state index contributed by atoms with van der Waals surface area (Å²) in [5, 5.41) is 0. The van der Waals surface area contributed by atoms with Gasteiger partial charge >= 0.3 is 17.9 Å². The van der Waals surface area contributed by atoms with Crippen LogP contribution in [-0.2, 0) is 38.1 Å². The van der Waals surface area contributed by atoms with E-state index in [-0.39, 0.29) is 18.4 Å². The Hall–Kier alpha value is -1.67. The largest absolute Gasteiger partial charge is 0.466 e. The van der Waals surface area contributed by atoms with E-state index in [9.17, 15) is 14.4 Å². The molecule has 0 saturated carbocycles. The minimum absolute atomic E-state index is 0.0116. The molecule has 8 heteroatoms. The third kappa shape index (κ3) is 16.3. The van der Waals surface area contributed by atoms with Crippen molar-refractivity contribution in [2.45, 2.75) is 182 Å². The van der Waals surface area contributed by atoms with Crippen molar-refractivity contribution in [3.05, 3.63) is 0 Å². The van der Waals surface area contributed by atoms with Crippen molar-refractivity contribution in [2.24, 2.45) is 5.41 Å². The fourth-order valence-electron chi connectivity index (χ4n) is 5.22. The van der Waals surface area contributed by atoms with Crippen molar-refractivity contribution in [3.8, 4) is 0 Å². The fraction of sp³-hybridized carbons (Fsp3) is 0.912. The van der Waals surface area contributed by atoms with Crippen LogP contribution in [0.3, 0.4) is 0 Å². The fourth-order valence-corrected chi connectivity index (χ4v) is 5.22. The van der Waals surface area contributed by atoms with E-state index in [2.05, 4.69) is 6.92 Å². The number of rotatable bonds is 20. The highest BCUT2D eigenvalue weighted by molar-refractivity contribution is 6.00. The van der Waals surface area contributed by atoms with E-state index >= 15 is 0 Å². The molecule has 0 spiro atoms. The molecule has 1 saturated heterocycles. The van der Waals surface area contributed by atoms with Crippen molar-refractivity contribution in [2.75, 3.05) is 13.2 Å². The van der Waals surface area contributed by atoms with E-state index in [1.807, 2.05) is 41.5 Å². The molecule has 2 unspecified atom stereocenters. The molecule has 0 aliphatic carbocycles. The number of carbonyl (C=O) groups is 3. The Bertz CT molecular complexity index is 745. The van der Waals surface area contributed by atoms with Crippen LogP contribution < -0.4 is 0 Å². The number of ether oxygens (including phenoxy) is 5. The number of esters is 3. The molecule has 0 aromatic rings. The van der Waals surface area contributed by atoms with Gasteiger partial charge in [0.05, 0.1) is 12.7 Å². The lowest BCUT2D eigenvalue weighted by atomic mass is 9.77. The van der Waals surface area contributed by atoms with Crippen molar-refractivity contribution in [3.63, 3.8) is 0 Å². The molecule has 8 nitrogen and oxygen atoms in total. The summed E-state index contributed by atoms with van der Waals surface area (Å²) < 4.78 is 29.1. The molecule has 246 valence electrons. The minimum atomic E-state index is -1.41. The first-order valence-electron chi connectivity index (χ1n) is 16.6. The van der Waals surface area contributed by atoms with E-state index in [1.54, 1.807) is 6.92 Å². The molecule has 1 rings (SSSR count). The van der Waals surface area contributed by atoms with Gasteiger partial charge in [0.15, 0.2) is 11.7 Å². The Morgan fingerprint density at radius 1 is 0.762 bits per heavy atom. The normalized spacial score (nSPS) is 17.0. The molecule has 0 aromatic carbocycles. The Morgan fingerprint density at radius 3 is 1.90 bits per heavy atom. The van der Waals surface area contributed by atoms with Gasteiger partial charge in [-0.1, -0.05) is 45.4 Å². The Morgan fingerprint density at radius 2 is 1.36 bits per heavy atom. The number of unbranched alkanes of at least 4 members (excludes halogenated alkanes) is 5. The molecule has 0 bridgehead atoms. The predicted octanol–water partition coefficient (Wildman–Crippen LogP) is 8.22. The van der Waals surface area contributed by atoms with Crippen molar-refractivity contribution >= 4 is 17.9 Å². The molecule has 42 heavy (non-hydrogen) atoms. The van der Waals surface area contributed by atoms with Crippen LogP contribution in [0.4, 0.5) is 0 Å². The van der Waals surface area contributed by atoms with Gasteiger partial charge in [-0.25, -0.2) is 0 Å². The van der Waals surface area contributed by atoms with Crippen LogP contribution in [0.2, 0.25) is 0 Å². The maximum Gasteiger partial charge on any atom is 0.324 e. The monoisotopic (exact) mass is 598 g/mol. The van der Waals surface area contributed by atoms with Crippen LogP contribution in [0.25, 0.3) is 0 Å². The van der Waals surface area contributed by atoms with Crippen LogP contribution in [-0.4, -0.2) is 54.7 Å².